The second kappa shape index (κ2) is 7.74. The summed E-state index contributed by atoms with van der Waals surface area (Å²) in [5.41, 5.74) is 3.42. The van der Waals surface area contributed by atoms with Gasteiger partial charge >= 0.3 is 0 Å². The standard InChI is InChI=1S/C21H20ClN5OS/c22-13-3-4-14-16(11-13)26-21(25-14)29-18-6-5-15(24-12-27-9-1-2-10-27)19-17(28)7-8-23-20(18)19/h3-8,11,24H,1-2,9-10,12H2,(H,23,28)(H,25,26). The molecule has 8 heteroatoms. The topological polar surface area (TPSA) is 76.8 Å². The first-order chi connectivity index (χ1) is 14.2. The number of aromatic amines is 2. The van der Waals surface area contributed by atoms with Gasteiger partial charge in [0.1, 0.15) is 0 Å². The van der Waals surface area contributed by atoms with E-state index in [1.807, 2.05) is 30.3 Å². The van der Waals surface area contributed by atoms with Gasteiger partial charge in [0.2, 0.25) is 0 Å². The van der Waals surface area contributed by atoms with Crippen LogP contribution in [0.15, 0.2) is 57.4 Å². The zero-order chi connectivity index (χ0) is 19.8. The number of imidazole rings is 1. The first-order valence-electron chi connectivity index (χ1n) is 9.61. The normalized spacial score (nSPS) is 14.8. The van der Waals surface area contributed by atoms with Gasteiger partial charge in [-0.15, -0.1) is 0 Å². The monoisotopic (exact) mass is 425 g/mol. The van der Waals surface area contributed by atoms with Gasteiger partial charge in [-0.05, 0) is 68.0 Å². The van der Waals surface area contributed by atoms with Crippen molar-refractivity contribution in [2.24, 2.45) is 0 Å². The Morgan fingerprint density at radius 3 is 2.90 bits per heavy atom. The van der Waals surface area contributed by atoms with Crippen LogP contribution in [0.4, 0.5) is 5.69 Å². The van der Waals surface area contributed by atoms with Gasteiger partial charge in [0.25, 0.3) is 0 Å². The van der Waals surface area contributed by atoms with E-state index >= 15 is 0 Å². The van der Waals surface area contributed by atoms with E-state index in [9.17, 15) is 4.79 Å². The number of likely N-dealkylation sites (tertiary alicyclic amines) is 1. The Hall–Kier alpha value is -2.48. The molecule has 2 aromatic heterocycles. The molecule has 1 aliphatic rings. The van der Waals surface area contributed by atoms with Crippen LogP contribution in [0.2, 0.25) is 5.02 Å². The van der Waals surface area contributed by atoms with Gasteiger partial charge in [-0.25, -0.2) is 4.98 Å². The van der Waals surface area contributed by atoms with Crippen LogP contribution in [0, 0.1) is 0 Å². The lowest BCUT2D eigenvalue weighted by atomic mass is 10.1. The Balaban J connectivity index is 1.49. The van der Waals surface area contributed by atoms with Crippen molar-refractivity contribution in [3.63, 3.8) is 0 Å². The van der Waals surface area contributed by atoms with E-state index in [1.54, 1.807) is 12.3 Å². The maximum absolute atomic E-state index is 12.7. The fourth-order valence-electron chi connectivity index (χ4n) is 3.74. The molecule has 0 atom stereocenters. The molecule has 0 unspecified atom stereocenters. The second-order valence-electron chi connectivity index (χ2n) is 7.17. The van der Waals surface area contributed by atoms with Crippen LogP contribution < -0.4 is 10.7 Å². The van der Waals surface area contributed by atoms with Crippen LogP contribution in [-0.4, -0.2) is 39.6 Å². The molecule has 0 spiro atoms. The second-order valence-corrected chi connectivity index (χ2v) is 8.64. The SMILES string of the molecule is O=c1cc[nH]c2c(Sc3nc4cc(Cl)ccc4[nH]3)ccc(NCN3CCCC3)c12. The van der Waals surface area contributed by atoms with Gasteiger partial charge in [0.15, 0.2) is 10.6 Å². The van der Waals surface area contributed by atoms with Crippen molar-refractivity contribution >= 4 is 51.0 Å². The lowest BCUT2D eigenvalue weighted by molar-refractivity contribution is 0.364. The minimum atomic E-state index is 0.00140. The molecule has 1 saturated heterocycles. The summed E-state index contributed by atoms with van der Waals surface area (Å²) in [6.07, 6.45) is 4.17. The lowest BCUT2D eigenvalue weighted by Crippen LogP contribution is -2.26. The molecule has 5 rings (SSSR count). The molecule has 0 amide bonds. The van der Waals surface area contributed by atoms with Crippen LogP contribution in [0.25, 0.3) is 21.9 Å². The Labute approximate surface area is 176 Å². The summed E-state index contributed by atoms with van der Waals surface area (Å²) < 4.78 is 0. The number of H-pyrrole nitrogens is 2. The van der Waals surface area contributed by atoms with E-state index < -0.39 is 0 Å². The van der Waals surface area contributed by atoms with Crippen LogP contribution >= 0.6 is 23.4 Å². The predicted octanol–water partition coefficient (Wildman–Crippen LogP) is 4.67. The van der Waals surface area contributed by atoms with Gasteiger partial charge < -0.3 is 15.3 Å². The average molecular weight is 426 g/mol. The Bertz CT molecular complexity index is 1250. The number of halogens is 1. The molecule has 0 bridgehead atoms. The maximum atomic E-state index is 12.7. The van der Waals surface area contributed by atoms with E-state index in [2.05, 4.69) is 25.2 Å². The highest BCUT2D eigenvalue weighted by molar-refractivity contribution is 7.99. The molecular formula is C21H20ClN5OS. The van der Waals surface area contributed by atoms with E-state index in [-0.39, 0.29) is 5.43 Å². The van der Waals surface area contributed by atoms with Crippen LogP contribution in [0.5, 0.6) is 0 Å². The van der Waals surface area contributed by atoms with Crippen LogP contribution in [-0.2, 0) is 0 Å². The number of nitrogens with one attached hydrogen (secondary N) is 3. The van der Waals surface area contributed by atoms with Crippen molar-refractivity contribution in [1.82, 2.24) is 19.9 Å². The zero-order valence-corrected chi connectivity index (χ0v) is 17.2. The molecule has 3 N–H and O–H groups in total. The van der Waals surface area contributed by atoms with E-state index in [4.69, 9.17) is 11.6 Å². The minimum Gasteiger partial charge on any atom is -0.372 e. The van der Waals surface area contributed by atoms with Gasteiger partial charge in [0.05, 0.1) is 28.6 Å². The third-order valence-corrected chi connectivity index (χ3v) is 6.38. The molecule has 2 aromatic carbocycles. The number of hydrogen-bond acceptors (Lipinski definition) is 5. The van der Waals surface area contributed by atoms with E-state index in [0.29, 0.717) is 10.4 Å². The van der Waals surface area contributed by atoms with Crippen molar-refractivity contribution in [1.29, 1.82) is 0 Å². The molecule has 3 heterocycles. The van der Waals surface area contributed by atoms with Crippen molar-refractivity contribution < 1.29 is 0 Å². The Morgan fingerprint density at radius 1 is 1.17 bits per heavy atom. The van der Waals surface area contributed by atoms with Crippen molar-refractivity contribution in [3.05, 3.63) is 57.8 Å². The van der Waals surface area contributed by atoms with Gasteiger partial charge in [-0.2, -0.15) is 0 Å². The summed E-state index contributed by atoms with van der Waals surface area (Å²) in [5, 5.41) is 5.54. The van der Waals surface area contributed by atoms with Gasteiger partial charge in [-0.3, -0.25) is 9.69 Å². The summed E-state index contributed by atoms with van der Waals surface area (Å²) in [6, 6.07) is 11.2. The third kappa shape index (κ3) is 3.73. The average Bonchev–Trinajstić information content (AvgIpc) is 3.36. The number of benzene rings is 2. The first kappa shape index (κ1) is 18.5. The van der Waals surface area contributed by atoms with Crippen LogP contribution in [0.3, 0.4) is 0 Å². The molecule has 1 aliphatic heterocycles. The Morgan fingerprint density at radius 2 is 2.03 bits per heavy atom. The third-order valence-electron chi connectivity index (χ3n) is 5.20. The molecule has 0 saturated carbocycles. The van der Waals surface area contributed by atoms with Crippen molar-refractivity contribution in [2.75, 3.05) is 25.1 Å². The highest BCUT2D eigenvalue weighted by atomic mass is 35.5. The predicted molar refractivity (Wildman–Crippen MR) is 119 cm³/mol. The quantitative estimate of drug-likeness (QED) is 0.433. The summed E-state index contributed by atoms with van der Waals surface area (Å²) >= 11 is 7.56. The minimum absolute atomic E-state index is 0.00140. The Kier molecular flexibility index (Phi) is 4.95. The number of anilines is 1. The fourth-order valence-corrected chi connectivity index (χ4v) is 4.82. The lowest BCUT2D eigenvalue weighted by Gasteiger charge is -2.18. The number of rotatable bonds is 5. The number of aromatic nitrogens is 3. The smallest absolute Gasteiger partial charge is 0.191 e. The van der Waals surface area contributed by atoms with Gasteiger partial charge in [0, 0.05) is 27.9 Å². The number of hydrogen-bond donors (Lipinski definition) is 3. The molecule has 148 valence electrons. The largest absolute Gasteiger partial charge is 0.372 e. The highest BCUT2D eigenvalue weighted by Crippen LogP contribution is 2.34. The van der Waals surface area contributed by atoms with Crippen LogP contribution in [0.1, 0.15) is 12.8 Å². The summed E-state index contributed by atoms with van der Waals surface area (Å²) in [7, 11) is 0. The molecule has 6 nitrogen and oxygen atoms in total. The van der Waals surface area contributed by atoms with Crippen molar-refractivity contribution in [2.45, 2.75) is 22.9 Å². The van der Waals surface area contributed by atoms with Crippen molar-refractivity contribution in [3.8, 4) is 0 Å². The van der Waals surface area contributed by atoms with E-state index in [0.717, 1.165) is 52.0 Å². The number of nitrogens with zero attached hydrogens (tertiary/aromatic N) is 2. The van der Waals surface area contributed by atoms with Gasteiger partial charge in [-0.1, -0.05) is 11.6 Å². The molecule has 29 heavy (non-hydrogen) atoms. The maximum Gasteiger partial charge on any atom is 0.191 e. The fraction of sp³-hybridized carbons (Fsp3) is 0.238. The zero-order valence-electron chi connectivity index (χ0n) is 15.7. The summed E-state index contributed by atoms with van der Waals surface area (Å²) in [6.45, 7) is 2.96. The number of fused-ring (bicyclic) bond motifs is 2. The molecule has 0 aliphatic carbocycles. The van der Waals surface area contributed by atoms with E-state index in [1.165, 1.54) is 24.6 Å². The number of pyridine rings is 1. The molecule has 4 aromatic rings. The molecule has 1 fully saturated rings. The molecule has 0 radical (unpaired) electrons. The first-order valence-corrected chi connectivity index (χ1v) is 10.8. The summed E-state index contributed by atoms with van der Waals surface area (Å²) in [5.74, 6) is 0. The summed E-state index contributed by atoms with van der Waals surface area (Å²) in [4.78, 5) is 27.1. The molecular weight excluding hydrogens is 406 g/mol. The highest BCUT2D eigenvalue weighted by Gasteiger charge is 2.15.